The van der Waals surface area contributed by atoms with E-state index in [0.29, 0.717) is 24.8 Å². The minimum absolute atomic E-state index is 0.0798. The molecule has 2 aliphatic heterocycles. The number of hydrogen-bond acceptors (Lipinski definition) is 4. The van der Waals surface area contributed by atoms with Gasteiger partial charge in [-0.3, -0.25) is 14.9 Å². The van der Waals surface area contributed by atoms with Crippen molar-refractivity contribution in [3.05, 3.63) is 29.8 Å². The highest BCUT2D eigenvalue weighted by molar-refractivity contribution is 8.00. The third-order valence-electron chi connectivity index (χ3n) is 4.56. The largest absolute Gasteiger partial charge is 0.341 e. The summed E-state index contributed by atoms with van der Waals surface area (Å²) in [6.45, 7) is 3.47. The summed E-state index contributed by atoms with van der Waals surface area (Å²) >= 11 is 1.87. The summed E-state index contributed by atoms with van der Waals surface area (Å²) < 4.78 is 0. The third-order valence-corrected chi connectivity index (χ3v) is 5.89. The Morgan fingerprint density at radius 2 is 1.96 bits per heavy atom. The van der Waals surface area contributed by atoms with Gasteiger partial charge in [0.25, 0.3) is 0 Å². The zero-order valence-corrected chi connectivity index (χ0v) is 15.1. The number of benzene rings is 1. The van der Waals surface area contributed by atoms with Gasteiger partial charge < -0.3 is 10.2 Å². The Bertz CT molecular complexity index is 671. The predicted octanol–water partition coefficient (Wildman–Crippen LogP) is 2.07. The van der Waals surface area contributed by atoms with E-state index in [-0.39, 0.29) is 18.2 Å². The van der Waals surface area contributed by atoms with Crippen LogP contribution in [-0.2, 0) is 9.59 Å². The molecular weight excluding hydrogens is 338 g/mol. The van der Waals surface area contributed by atoms with Crippen molar-refractivity contribution in [2.24, 2.45) is 0 Å². The van der Waals surface area contributed by atoms with E-state index in [1.54, 1.807) is 0 Å². The van der Waals surface area contributed by atoms with Crippen molar-refractivity contribution in [3.8, 4) is 0 Å². The summed E-state index contributed by atoms with van der Waals surface area (Å²) in [4.78, 5) is 38.7. The Morgan fingerprint density at radius 1 is 1.20 bits per heavy atom. The van der Waals surface area contributed by atoms with Gasteiger partial charge in [-0.1, -0.05) is 17.7 Å². The lowest BCUT2D eigenvalue weighted by atomic mass is 10.1. The molecule has 134 valence electrons. The summed E-state index contributed by atoms with van der Waals surface area (Å²) in [5.74, 6) is -0.412. The maximum absolute atomic E-state index is 12.6. The van der Waals surface area contributed by atoms with Gasteiger partial charge in [0, 0.05) is 29.7 Å². The van der Waals surface area contributed by atoms with Gasteiger partial charge in [0.2, 0.25) is 11.8 Å². The van der Waals surface area contributed by atoms with Gasteiger partial charge in [0.1, 0.15) is 6.04 Å². The number of carbonyl (C=O) groups excluding carboxylic acids is 3. The molecule has 2 aliphatic rings. The van der Waals surface area contributed by atoms with Gasteiger partial charge in [0.15, 0.2) is 0 Å². The van der Waals surface area contributed by atoms with E-state index in [0.717, 1.165) is 12.8 Å². The topological polar surface area (TPSA) is 78.5 Å². The average molecular weight is 361 g/mol. The van der Waals surface area contributed by atoms with Crippen molar-refractivity contribution in [1.29, 1.82) is 0 Å². The molecule has 0 bridgehead atoms. The number of aryl methyl sites for hydroxylation is 1. The molecule has 1 aromatic rings. The summed E-state index contributed by atoms with van der Waals surface area (Å²) in [5.41, 5.74) is 1.25. The van der Waals surface area contributed by atoms with Crippen molar-refractivity contribution < 1.29 is 14.4 Å². The first-order chi connectivity index (χ1) is 12.0. The van der Waals surface area contributed by atoms with E-state index in [9.17, 15) is 14.4 Å². The highest BCUT2D eigenvalue weighted by atomic mass is 32.2. The van der Waals surface area contributed by atoms with Gasteiger partial charge in [0.05, 0.1) is 0 Å². The molecule has 2 N–H and O–H groups in total. The number of amides is 4. The quantitative estimate of drug-likeness (QED) is 0.864. The summed E-state index contributed by atoms with van der Waals surface area (Å²) in [6, 6.07) is 7.29. The number of nitrogens with zero attached hydrogens (tertiary/aromatic N) is 1. The fraction of sp³-hybridized carbons (Fsp3) is 0.500. The van der Waals surface area contributed by atoms with Gasteiger partial charge in [-0.25, -0.2) is 4.79 Å². The minimum atomic E-state index is -0.604. The van der Waals surface area contributed by atoms with Crippen LogP contribution in [0.1, 0.15) is 31.2 Å². The van der Waals surface area contributed by atoms with Crippen molar-refractivity contribution in [3.63, 3.8) is 0 Å². The molecule has 6 nitrogen and oxygen atoms in total. The zero-order chi connectivity index (χ0) is 17.8. The molecule has 1 unspecified atom stereocenters. The van der Waals surface area contributed by atoms with Crippen LogP contribution in [0.5, 0.6) is 0 Å². The standard InChI is InChI=1S/C18H23N3O3S/c1-12-3-2-4-14(11-12)25-13-7-9-21(10-8-13)17(23)15-5-6-16(22)20-18(24)19-15/h2-4,11,13,15H,5-10H2,1H3,(H2,19,20,22,24). The Morgan fingerprint density at radius 3 is 2.68 bits per heavy atom. The smallest absolute Gasteiger partial charge is 0.322 e. The first-order valence-corrected chi connectivity index (χ1v) is 9.51. The molecule has 7 heteroatoms. The van der Waals surface area contributed by atoms with Crippen molar-refractivity contribution >= 4 is 29.6 Å². The normalized spacial score (nSPS) is 22.1. The molecule has 0 saturated carbocycles. The van der Waals surface area contributed by atoms with E-state index < -0.39 is 12.1 Å². The van der Waals surface area contributed by atoms with Gasteiger partial charge in [-0.2, -0.15) is 0 Å². The second-order valence-corrected chi connectivity index (χ2v) is 7.95. The Balaban J connectivity index is 1.52. The van der Waals surface area contributed by atoms with Gasteiger partial charge in [-0.15, -0.1) is 11.8 Å². The maximum Gasteiger partial charge on any atom is 0.322 e. The lowest BCUT2D eigenvalue weighted by Crippen LogP contribution is -2.51. The number of nitrogens with one attached hydrogen (secondary N) is 2. The number of urea groups is 1. The molecule has 4 amide bonds. The van der Waals surface area contributed by atoms with Crippen LogP contribution in [0.15, 0.2) is 29.2 Å². The number of carbonyl (C=O) groups is 3. The summed E-state index contributed by atoms with van der Waals surface area (Å²) in [5, 5.41) is 5.30. The molecule has 0 aliphatic carbocycles. The van der Waals surface area contributed by atoms with E-state index in [2.05, 4.69) is 41.8 Å². The van der Waals surface area contributed by atoms with Crippen LogP contribution in [0.4, 0.5) is 4.79 Å². The molecule has 1 aromatic carbocycles. The van der Waals surface area contributed by atoms with Crippen LogP contribution in [-0.4, -0.2) is 47.1 Å². The molecule has 2 saturated heterocycles. The second-order valence-electron chi connectivity index (χ2n) is 6.57. The van der Waals surface area contributed by atoms with Crippen LogP contribution >= 0.6 is 11.8 Å². The van der Waals surface area contributed by atoms with E-state index >= 15 is 0 Å². The molecule has 0 radical (unpaired) electrons. The zero-order valence-electron chi connectivity index (χ0n) is 14.3. The second kappa shape index (κ2) is 7.91. The van der Waals surface area contributed by atoms with Crippen LogP contribution in [0.25, 0.3) is 0 Å². The van der Waals surface area contributed by atoms with E-state index in [1.165, 1.54) is 10.5 Å². The van der Waals surface area contributed by atoms with Crippen LogP contribution in [0.2, 0.25) is 0 Å². The van der Waals surface area contributed by atoms with Crippen molar-refractivity contribution in [2.75, 3.05) is 13.1 Å². The number of thioether (sulfide) groups is 1. The summed E-state index contributed by atoms with van der Waals surface area (Å²) in [6.07, 6.45) is 2.41. The van der Waals surface area contributed by atoms with Crippen LogP contribution < -0.4 is 10.6 Å². The molecule has 25 heavy (non-hydrogen) atoms. The fourth-order valence-corrected chi connectivity index (χ4v) is 4.45. The number of likely N-dealkylation sites (tertiary alicyclic amines) is 1. The highest BCUT2D eigenvalue weighted by Gasteiger charge is 2.31. The summed E-state index contributed by atoms with van der Waals surface area (Å²) in [7, 11) is 0. The number of piperidine rings is 1. The highest BCUT2D eigenvalue weighted by Crippen LogP contribution is 2.31. The predicted molar refractivity (Wildman–Crippen MR) is 96.3 cm³/mol. The Labute approximate surface area is 151 Å². The first kappa shape index (κ1) is 17.8. The fourth-order valence-electron chi connectivity index (χ4n) is 3.21. The van der Waals surface area contributed by atoms with Crippen molar-refractivity contribution in [2.45, 2.75) is 48.8 Å². The van der Waals surface area contributed by atoms with E-state index in [1.807, 2.05) is 16.7 Å². The van der Waals surface area contributed by atoms with Crippen LogP contribution in [0.3, 0.4) is 0 Å². The monoisotopic (exact) mass is 361 g/mol. The van der Waals surface area contributed by atoms with Gasteiger partial charge in [-0.05, 0) is 38.3 Å². The lowest BCUT2D eigenvalue weighted by molar-refractivity contribution is -0.134. The molecule has 2 heterocycles. The van der Waals surface area contributed by atoms with E-state index in [4.69, 9.17) is 0 Å². The number of hydrogen-bond donors (Lipinski definition) is 2. The molecule has 0 spiro atoms. The Kier molecular flexibility index (Phi) is 5.63. The molecule has 2 fully saturated rings. The number of imide groups is 1. The van der Waals surface area contributed by atoms with Crippen LogP contribution in [0, 0.1) is 6.92 Å². The SMILES string of the molecule is Cc1cccc(SC2CCN(C(=O)C3CCC(=O)NC(=O)N3)CC2)c1. The lowest BCUT2D eigenvalue weighted by Gasteiger charge is -2.33. The minimum Gasteiger partial charge on any atom is -0.341 e. The average Bonchev–Trinajstić information content (AvgIpc) is 2.75. The van der Waals surface area contributed by atoms with Crippen molar-refractivity contribution in [1.82, 2.24) is 15.5 Å². The van der Waals surface area contributed by atoms with Gasteiger partial charge >= 0.3 is 6.03 Å². The Hall–Kier alpha value is -2.02. The molecule has 1 atom stereocenters. The molecular formula is C18H23N3O3S. The third kappa shape index (κ3) is 4.75. The molecule has 0 aromatic heterocycles. The maximum atomic E-state index is 12.6. The molecule has 3 rings (SSSR count). The number of rotatable bonds is 3. The first-order valence-electron chi connectivity index (χ1n) is 8.64.